The van der Waals surface area contributed by atoms with Crippen LogP contribution in [0.15, 0.2) is 76.8 Å². The van der Waals surface area contributed by atoms with Crippen LogP contribution in [0.1, 0.15) is 30.0 Å². The summed E-state index contributed by atoms with van der Waals surface area (Å²) in [5.41, 5.74) is 3.29. The molecule has 0 aliphatic carbocycles. The standard InChI is InChI=1S/C29H27ClN4O5S/c1-37-21-10-6-18(7-11-21)25-15-24(17-4-8-19(30)9-5-17)33-34(25)29-32-28(36)26(40-29)16-27(35)31-20-12-22(38-2)14-23(13-20)39-3/h4-14,25-26H,15-16H2,1-3H3,(H,31,35). The molecule has 0 bridgehead atoms. The maximum Gasteiger partial charge on any atom is 0.262 e. The van der Waals surface area contributed by atoms with Crippen LogP contribution in [-0.2, 0) is 9.59 Å². The summed E-state index contributed by atoms with van der Waals surface area (Å²) in [7, 11) is 4.69. The number of thioether (sulfide) groups is 1. The van der Waals surface area contributed by atoms with Crippen molar-refractivity contribution in [3.63, 3.8) is 0 Å². The molecule has 1 N–H and O–H groups in total. The quantitative estimate of drug-likeness (QED) is 0.374. The first-order valence-electron chi connectivity index (χ1n) is 12.5. The first-order chi connectivity index (χ1) is 19.4. The van der Waals surface area contributed by atoms with Crippen molar-refractivity contribution >= 4 is 51.7 Å². The molecule has 2 amide bonds. The van der Waals surface area contributed by atoms with Gasteiger partial charge in [0.15, 0.2) is 5.17 Å². The summed E-state index contributed by atoms with van der Waals surface area (Å²) in [5.74, 6) is 1.13. The summed E-state index contributed by atoms with van der Waals surface area (Å²) in [6.07, 6.45) is 0.551. The third kappa shape index (κ3) is 6.08. The van der Waals surface area contributed by atoms with Crippen LogP contribution in [0.25, 0.3) is 0 Å². The molecule has 0 aromatic heterocycles. The van der Waals surface area contributed by atoms with E-state index in [0.717, 1.165) is 22.6 Å². The van der Waals surface area contributed by atoms with Gasteiger partial charge in [0.25, 0.3) is 5.91 Å². The van der Waals surface area contributed by atoms with Gasteiger partial charge in [0.2, 0.25) is 5.91 Å². The van der Waals surface area contributed by atoms with E-state index in [-0.39, 0.29) is 24.3 Å². The minimum atomic E-state index is -0.672. The highest BCUT2D eigenvalue weighted by Crippen LogP contribution is 2.39. The fourth-order valence-electron chi connectivity index (χ4n) is 4.45. The molecule has 5 rings (SSSR count). The van der Waals surface area contributed by atoms with Gasteiger partial charge in [-0.1, -0.05) is 47.6 Å². The molecule has 0 fully saturated rings. The van der Waals surface area contributed by atoms with Gasteiger partial charge >= 0.3 is 0 Å². The third-order valence-electron chi connectivity index (χ3n) is 6.52. The van der Waals surface area contributed by atoms with Crippen molar-refractivity contribution in [3.05, 3.63) is 82.9 Å². The highest BCUT2D eigenvalue weighted by atomic mass is 35.5. The number of carbonyl (C=O) groups is 2. The maximum atomic E-state index is 12.9. The second kappa shape index (κ2) is 12.0. The Labute approximate surface area is 241 Å². The monoisotopic (exact) mass is 578 g/mol. The van der Waals surface area contributed by atoms with Crippen LogP contribution in [0.5, 0.6) is 17.2 Å². The number of hydrogen-bond acceptors (Lipinski definition) is 8. The molecular weight excluding hydrogens is 552 g/mol. The molecule has 3 aromatic rings. The number of anilines is 1. The fourth-order valence-corrected chi connectivity index (χ4v) is 5.64. The van der Waals surface area contributed by atoms with Gasteiger partial charge < -0.3 is 19.5 Å². The van der Waals surface area contributed by atoms with Crippen LogP contribution >= 0.6 is 23.4 Å². The van der Waals surface area contributed by atoms with E-state index < -0.39 is 5.25 Å². The number of ether oxygens (including phenoxy) is 3. The van der Waals surface area contributed by atoms with Crippen molar-refractivity contribution in [2.24, 2.45) is 10.1 Å². The van der Waals surface area contributed by atoms with Crippen LogP contribution in [-0.4, -0.2) is 54.3 Å². The van der Waals surface area contributed by atoms with Crippen LogP contribution in [0.3, 0.4) is 0 Å². The molecular formula is C29H27ClN4O5S. The predicted octanol–water partition coefficient (Wildman–Crippen LogP) is 5.54. The number of amides is 2. The normalized spacial score (nSPS) is 18.3. The number of hydrogen-bond donors (Lipinski definition) is 1. The van der Waals surface area contributed by atoms with Gasteiger partial charge in [-0.3, -0.25) is 9.59 Å². The molecule has 2 atom stereocenters. The smallest absolute Gasteiger partial charge is 0.262 e. The first kappa shape index (κ1) is 27.5. The van der Waals surface area contributed by atoms with Gasteiger partial charge in [0.05, 0.1) is 33.1 Å². The SMILES string of the molecule is COc1ccc(C2CC(c3ccc(Cl)cc3)=NN2C2=NC(=O)C(CC(=O)Nc3cc(OC)cc(OC)c3)S2)cc1. The minimum Gasteiger partial charge on any atom is -0.497 e. The van der Waals surface area contributed by atoms with Gasteiger partial charge in [-0.2, -0.15) is 10.1 Å². The molecule has 2 heterocycles. The zero-order valence-electron chi connectivity index (χ0n) is 22.1. The van der Waals surface area contributed by atoms with Crippen molar-refractivity contribution in [2.45, 2.75) is 24.1 Å². The lowest BCUT2D eigenvalue weighted by molar-refractivity contribution is -0.121. The Balaban J connectivity index is 1.34. The number of amidine groups is 1. The Kier molecular flexibility index (Phi) is 8.27. The molecule has 9 nitrogen and oxygen atoms in total. The van der Waals surface area contributed by atoms with E-state index in [2.05, 4.69) is 10.3 Å². The van der Waals surface area contributed by atoms with Crippen LogP contribution in [0.2, 0.25) is 5.02 Å². The highest BCUT2D eigenvalue weighted by Gasteiger charge is 2.39. The van der Waals surface area contributed by atoms with E-state index in [1.807, 2.05) is 48.5 Å². The number of rotatable bonds is 8. The number of nitrogens with zero attached hydrogens (tertiary/aromatic N) is 3. The Morgan fingerprint density at radius 3 is 2.25 bits per heavy atom. The Bertz CT molecular complexity index is 1450. The highest BCUT2D eigenvalue weighted by molar-refractivity contribution is 8.15. The van der Waals surface area contributed by atoms with Crippen molar-refractivity contribution in [1.82, 2.24) is 5.01 Å². The lowest BCUT2D eigenvalue weighted by atomic mass is 9.98. The zero-order valence-corrected chi connectivity index (χ0v) is 23.7. The van der Waals surface area contributed by atoms with E-state index in [1.165, 1.54) is 26.0 Å². The summed E-state index contributed by atoms with van der Waals surface area (Å²) in [5, 5.41) is 9.89. The third-order valence-corrected chi connectivity index (χ3v) is 7.91. The van der Waals surface area contributed by atoms with Crippen LogP contribution in [0, 0.1) is 0 Å². The molecule has 0 saturated carbocycles. The largest absolute Gasteiger partial charge is 0.497 e. The van der Waals surface area contributed by atoms with E-state index >= 15 is 0 Å². The number of carbonyl (C=O) groups excluding carboxylic acids is 2. The second-order valence-electron chi connectivity index (χ2n) is 9.08. The Morgan fingerprint density at radius 1 is 0.975 bits per heavy atom. The van der Waals surface area contributed by atoms with Gasteiger partial charge in [-0.15, -0.1) is 0 Å². The summed E-state index contributed by atoms with van der Waals surface area (Å²) >= 11 is 7.33. The minimum absolute atomic E-state index is 0.0508. The van der Waals surface area contributed by atoms with Crippen molar-refractivity contribution in [1.29, 1.82) is 0 Å². The molecule has 3 aromatic carbocycles. The van der Waals surface area contributed by atoms with Gasteiger partial charge in [0.1, 0.15) is 22.5 Å². The number of nitrogens with one attached hydrogen (secondary N) is 1. The summed E-state index contributed by atoms with van der Waals surface area (Å²) in [6.45, 7) is 0. The zero-order chi connectivity index (χ0) is 28.2. The number of benzene rings is 3. The van der Waals surface area contributed by atoms with Crippen molar-refractivity contribution in [3.8, 4) is 17.2 Å². The van der Waals surface area contributed by atoms with Gasteiger partial charge in [-0.25, -0.2) is 5.01 Å². The number of hydrazone groups is 1. The van der Waals surface area contributed by atoms with E-state index in [0.29, 0.717) is 33.8 Å². The molecule has 0 saturated heterocycles. The molecule has 2 unspecified atom stereocenters. The Morgan fingerprint density at radius 2 is 1.62 bits per heavy atom. The molecule has 2 aliphatic rings. The predicted molar refractivity (Wildman–Crippen MR) is 157 cm³/mol. The summed E-state index contributed by atoms with van der Waals surface area (Å²) in [6, 6.07) is 20.1. The average molecular weight is 579 g/mol. The van der Waals surface area contributed by atoms with Crippen LogP contribution in [0.4, 0.5) is 5.69 Å². The lowest BCUT2D eigenvalue weighted by Crippen LogP contribution is -2.25. The van der Waals surface area contributed by atoms with Crippen molar-refractivity contribution in [2.75, 3.05) is 26.6 Å². The fraction of sp³-hybridized carbons (Fsp3) is 0.241. The molecule has 11 heteroatoms. The van der Waals surface area contributed by atoms with E-state index in [9.17, 15) is 9.59 Å². The van der Waals surface area contributed by atoms with E-state index in [4.69, 9.17) is 30.9 Å². The lowest BCUT2D eigenvalue weighted by Gasteiger charge is -2.23. The molecule has 40 heavy (non-hydrogen) atoms. The maximum absolute atomic E-state index is 12.9. The number of halogens is 1. The number of aliphatic imine (C=N–C) groups is 1. The summed E-state index contributed by atoms with van der Waals surface area (Å²) < 4.78 is 15.8. The molecule has 2 aliphatic heterocycles. The van der Waals surface area contributed by atoms with Gasteiger partial charge in [0, 0.05) is 41.8 Å². The first-order valence-corrected chi connectivity index (χ1v) is 13.7. The molecule has 0 radical (unpaired) electrons. The topological polar surface area (TPSA) is 102 Å². The van der Waals surface area contributed by atoms with Crippen molar-refractivity contribution < 1.29 is 23.8 Å². The van der Waals surface area contributed by atoms with E-state index in [1.54, 1.807) is 30.3 Å². The Hall–Kier alpha value is -4.02. The number of methoxy groups -OCH3 is 3. The second-order valence-corrected chi connectivity index (χ2v) is 10.7. The molecule has 0 spiro atoms. The molecule has 206 valence electrons. The van der Waals surface area contributed by atoms with Gasteiger partial charge in [-0.05, 0) is 35.4 Å². The average Bonchev–Trinajstić information content (AvgIpc) is 3.57. The summed E-state index contributed by atoms with van der Waals surface area (Å²) in [4.78, 5) is 30.1. The van der Waals surface area contributed by atoms with Crippen LogP contribution < -0.4 is 19.5 Å².